The maximum absolute atomic E-state index is 13.0. The second kappa shape index (κ2) is 7.44. The molecule has 9 heteroatoms. The van der Waals surface area contributed by atoms with Gasteiger partial charge in [0, 0.05) is 4.88 Å². The van der Waals surface area contributed by atoms with E-state index in [1.165, 1.54) is 11.3 Å². The average Bonchev–Trinajstić information content (AvgIpc) is 3.15. The fourth-order valence-electron chi connectivity index (χ4n) is 4.86. The van der Waals surface area contributed by atoms with Crippen LogP contribution in [0.1, 0.15) is 66.2 Å². The molecule has 2 atom stereocenters. The van der Waals surface area contributed by atoms with E-state index in [9.17, 15) is 19.2 Å². The lowest BCUT2D eigenvalue weighted by molar-refractivity contribution is -0.136. The molecule has 4 rings (SSSR count). The summed E-state index contributed by atoms with van der Waals surface area (Å²) in [4.78, 5) is 52.2. The third-order valence-corrected chi connectivity index (χ3v) is 7.68. The summed E-state index contributed by atoms with van der Waals surface area (Å²) in [5.74, 6) is -1.36. The van der Waals surface area contributed by atoms with Gasteiger partial charge in [0.25, 0.3) is 11.8 Å². The molecule has 1 saturated heterocycles. The first-order valence-corrected chi connectivity index (χ1v) is 11.0. The van der Waals surface area contributed by atoms with Crippen LogP contribution in [0.2, 0.25) is 0 Å². The van der Waals surface area contributed by atoms with Gasteiger partial charge in [0.05, 0.1) is 5.56 Å². The van der Waals surface area contributed by atoms with Crippen LogP contribution in [0.25, 0.3) is 0 Å². The number of hydrogen-bond donors (Lipinski definition) is 3. The first-order chi connectivity index (χ1) is 13.8. The fourth-order valence-corrected chi connectivity index (χ4v) is 6.17. The number of nitrogens with zero attached hydrogens (tertiary/aromatic N) is 1. The Morgan fingerprint density at radius 2 is 2.00 bits per heavy atom. The third-order valence-electron chi connectivity index (χ3n) is 6.47. The Hall–Kier alpha value is -2.42. The Kier molecular flexibility index (Phi) is 5.10. The number of carbonyl (C=O) groups is 4. The quantitative estimate of drug-likeness (QED) is 0.649. The highest BCUT2D eigenvalue weighted by molar-refractivity contribution is 7.17. The minimum absolute atomic E-state index is 0.0336. The smallest absolute Gasteiger partial charge is 0.325 e. The van der Waals surface area contributed by atoms with Crippen molar-refractivity contribution in [1.82, 2.24) is 10.2 Å². The van der Waals surface area contributed by atoms with Gasteiger partial charge >= 0.3 is 6.03 Å². The normalized spacial score (nSPS) is 26.4. The maximum atomic E-state index is 13.0. The van der Waals surface area contributed by atoms with Crippen molar-refractivity contribution in [2.24, 2.45) is 11.7 Å². The largest absolute Gasteiger partial charge is 0.365 e. The van der Waals surface area contributed by atoms with Crippen LogP contribution in [0, 0.1) is 5.92 Å². The molecule has 1 aromatic rings. The SMILES string of the molecule is C[C@H]1CCCC[C@@]12NC(=O)N(CC(=O)Nc1sc3c(c1C(N)=O)CCCC3)C2=O. The van der Waals surface area contributed by atoms with Crippen LogP contribution in [0.4, 0.5) is 9.80 Å². The summed E-state index contributed by atoms with van der Waals surface area (Å²) in [6.07, 6.45) is 7.04. The molecule has 29 heavy (non-hydrogen) atoms. The Morgan fingerprint density at radius 1 is 1.24 bits per heavy atom. The van der Waals surface area contributed by atoms with E-state index in [4.69, 9.17) is 5.73 Å². The molecule has 0 aromatic carbocycles. The second-order valence-corrected chi connectivity index (χ2v) is 9.37. The molecule has 1 aromatic heterocycles. The molecule has 0 radical (unpaired) electrons. The van der Waals surface area contributed by atoms with Crippen molar-refractivity contribution >= 4 is 40.1 Å². The van der Waals surface area contributed by atoms with Gasteiger partial charge in [0.15, 0.2) is 0 Å². The summed E-state index contributed by atoms with van der Waals surface area (Å²) < 4.78 is 0. The number of rotatable bonds is 4. The number of amides is 5. The predicted molar refractivity (Wildman–Crippen MR) is 109 cm³/mol. The van der Waals surface area contributed by atoms with Gasteiger partial charge in [-0.2, -0.15) is 0 Å². The zero-order chi connectivity index (χ0) is 20.8. The van der Waals surface area contributed by atoms with Gasteiger partial charge in [-0.25, -0.2) is 4.79 Å². The van der Waals surface area contributed by atoms with Gasteiger partial charge in [-0.1, -0.05) is 19.8 Å². The molecular formula is C20H26N4O4S. The van der Waals surface area contributed by atoms with E-state index in [0.717, 1.165) is 60.3 Å². The Bertz CT molecular complexity index is 895. The van der Waals surface area contributed by atoms with Crippen LogP contribution in [0.3, 0.4) is 0 Å². The van der Waals surface area contributed by atoms with Gasteiger partial charge in [0.1, 0.15) is 17.1 Å². The number of imide groups is 1. The zero-order valence-electron chi connectivity index (χ0n) is 16.5. The second-order valence-electron chi connectivity index (χ2n) is 8.27. The van der Waals surface area contributed by atoms with Crippen molar-refractivity contribution in [3.05, 3.63) is 16.0 Å². The van der Waals surface area contributed by atoms with Crippen molar-refractivity contribution in [2.75, 3.05) is 11.9 Å². The van der Waals surface area contributed by atoms with Crippen molar-refractivity contribution in [1.29, 1.82) is 0 Å². The van der Waals surface area contributed by atoms with Crippen LogP contribution in [0.15, 0.2) is 0 Å². The summed E-state index contributed by atoms with van der Waals surface area (Å²) in [6.45, 7) is 1.59. The number of anilines is 1. The lowest BCUT2D eigenvalue weighted by Gasteiger charge is -2.36. The molecule has 0 bridgehead atoms. The molecule has 5 amide bonds. The Morgan fingerprint density at radius 3 is 2.72 bits per heavy atom. The molecule has 0 unspecified atom stereocenters. The molecule has 2 aliphatic carbocycles. The minimum atomic E-state index is -0.893. The molecule has 1 saturated carbocycles. The summed E-state index contributed by atoms with van der Waals surface area (Å²) >= 11 is 1.36. The average molecular weight is 419 g/mol. The number of urea groups is 1. The number of aryl methyl sites for hydroxylation is 1. The molecule has 8 nitrogen and oxygen atoms in total. The lowest BCUT2D eigenvalue weighted by Crippen LogP contribution is -2.54. The molecule has 2 fully saturated rings. The van der Waals surface area contributed by atoms with Gasteiger partial charge in [0.2, 0.25) is 5.91 Å². The van der Waals surface area contributed by atoms with Crippen LogP contribution >= 0.6 is 11.3 Å². The highest BCUT2D eigenvalue weighted by Gasteiger charge is 2.55. The number of nitrogens with one attached hydrogen (secondary N) is 2. The fraction of sp³-hybridized carbons (Fsp3) is 0.600. The first-order valence-electron chi connectivity index (χ1n) is 10.2. The zero-order valence-corrected chi connectivity index (χ0v) is 17.3. The summed E-state index contributed by atoms with van der Waals surface area (Å²) in [5, 5.41) is 5.99. The number of thiophene rings is 1. The maximum Gasteiger partial charge on any atom is 0.325 e. The van der Waals surface area contributed by atoms with E-state index in [0.29, 0.717) is 17.0 Å². The highest BCUT2D eigenvalue weighted by atomic mass is 32.1. The van der Waals surface area contributed by atoms with Crippen molar-refractivity contribution in [3.63, 3.8) is 0 Å². The van der Waals surface area contributed by atoms with Crippen LogP contribution < -0.4 is 16.4 Å². The van der Waals surface area contributed by atoms with E-state index >= 15 is 0 Å². The molecule has 156 valence electrons. The number of hydrogen-bond acceptors (Lipinski definition) is 5. The Balaban J connectivity index is 1.51. The summed E-state index contributed by atoms with van der Waals surface area (Å²) in [5.41, 5.74) is 5.96. The minimum Gasteiger partial charge on any atom is -0.365 e. The van der Waals surface area contributed by atoms with E-state index in [2.05, 4.69) is 10.6 Å². The van der Waals surface area contributed by atoms with Crippen molar-refractivity contribution in [2.45, 2.75) is 63.8 Å². The van der Waals surface area contributed by atoms with Gasteiger partial charge in [-0.15, -0.1) is 11.3 Å². The predicted octanol–water partition coefficient (Wildman–Crippen LogP) is 2.17. The van der Waals surface area contributed by atoms with Crippen LogP contribution in [-0.2, 0) is 22.4 Å². The van der Waals surface area contributed by atoms with Gasteiger partial charge in [-0.3, -0.25) is 19.3 Å². The molecule has 1 spiro atoms. The van der Waals surface area contributed by atoms with E-state index in [-0.39, 0.29) is 18.4 Å². The van der Waals surface area contributed by atoms with Gasteiger partial charge < -0.3 is 16.4 Å². The van der Waals surface area contributed by atoms with Gasteiger partial charge in [-0.05, 0) is 50.0 Å². The monoisotopic (exact) mass is 418 g/mol. The number of fused-ring (bicyclic) bond motifs is 1. The molecule has 2 heterocycles. The topological polar surface area (TPSA) is 122 Å². The van der Waals surface area contributed by atoms with Crippen molar-refractivity contribution < 1.29 is 19.2 Å². The first kappa shape index (κ1) is 19.9. The molecule has 1 aliphatic heterocycles. The molecular weight excluding hydrogens is 392 g/mol. The number of carbonyl (C=O) groups excluding carboxylic acids is 4. The highest BCUT2D eigenvalue weighted by Crippen LogP contribution is 2.39. The van der Waals surface area contributed by atoms with E-state index in [1.807, 2.05) is 6.92 Å². The van der Waals surface area contributed by atoms with Crippen molar-refractivity contribution in [3.8, 4) is 0 Å². The van der Waals surface area contributed by atoms with E-state index < -0.39 is 23.4 Å². The number of nitrogens with two attached hydrogens (primary N) is 1. The number of primary amides is 1. The van der Waals surface area contributed by atoms with Crippen LogP contribution in [0.5, 0.6) is 0 Å². The molecule has 4 N–H and O–H groups in total. The van der Waals surface area contributed by atoms with Crippen LogP contribution in [-0.4, -0.2) is 40.7 Å². The standard InChI is InChI=1S/C20H26N4O4S/c1-11-6-4-5-9-20(11)18(27)24(19(28)23-20)10-14(25)22-17-15(16(21)26)12-7-2-3-8-13(12)29-17/h11H,2-10H2,1H3,(H2,21,26)(H,22,25)(H,23,28)/t11-,20+/m0/s1. The third kappa shape index (κ3) is 3.31. The summed E-state index contributed by atoms with van der Waals surface area (Å²) in [6, 6.07) is -0.528. The molecule has 3 aliphatic rings. The Labute approximate surface area is 173 Å². The lowest BCUT2D eigenvalue weighted by atomic mass is 9.73. The summed E-state index contributed by atoms with van der Waals surface area (Å²) in [7, 11) is 0. The van der Waals surface area contributed by atoms with E-state index in [1.54, 1.807) is 0 Å².